The van der Waals surface area contributed by atoms with Crippen LogP contribution in [-0.2, 0) is 0 Å². The monoisotopic (exact) mass is 209 g/mol. The van der Waals surface area contributed by atoms with Crippen molar-refractivity contribution in [2.45, 2.75) is 20.3 Å². The Hall–Kier alpha value is -0.950. The molecule has 0 saturated carbocycles. The van der Waals surface area contributed by atoms with Gasteiger partial charge in [-0.2, -0.15) is 0 Å². The molecular weight excluding hydrogens is 194 g/mol. The summed E-state index contributed by atoms with van der Waals surface area (Å²) in [6.45, 7) is 4.09. The number of nitrogen functional groups attached to an aromatic ring is 1. The average molecular weight is 210 g/mol. The summed E-state index contributed by atoms with van der Waals surface area (Å²) in [5.74, 6) is 0.670. The Morgan fingerprint density at radius 3 is 2.64 bits per heavy atom. The molecule has 0 unspecified atom stereocenters. The minimum absolute atomic E-state index is 0.670. The van der Waals surface area contributed by atoms with Crippen LogP contribution in [0.4, 0.5) is 5.69 Å². The summed E-state index contributed by atoms with van der Waals surface area (Å²) in [6, 6.07) is 4.12. The van der Waals surface area contributed by atoms with E-state index in [4.69, 9.17) is 17.3 Å². The number of rotatable bonds is 3. The Morgan fingerprint density at radius 1 is 1.29 bits per heavy atom. The van der Waals surface area contributed by atoms with Crippen LogP contribution in [0.15, 0.2) is 18.2 Å². The Kier molecular flexibility index (Phi) is 4.02. The lowest BCUT2D eigenvalue weighted by molar-refractivity contribution is 1.24. The van der Waals surface area contributed by atoms with Crippen molar-refractivity contribution in [2.24, 2.45) is 0 Å². The Balaban J connectivity index is 2.92. The molecular formula is C12H16ClN. The molecule has 0 radical (unpaired) electrons. The third kappa shape index (κ3) is 2.78. The van der Waals surface area contributed by atoms with E-state index in [1.54, 1.807) is 0 Å². The molecule has 0 aromatic heterocycles. The van der Waals surface area contributed by atoms with Gasteiger partial charge in [-0.15, -0.1) is 11.6 Å². The first-order chi connectivity index (χ1) is 6.65. The second-order valence-electron chi connectivity index (χ2n) is 3.45. The molecule has 0 aliphatic rings. The van der Waals surface area contributed by atoms with Crippen LogP contribution in [-0.4, -0.2) is 5.88 Å². The van der Waals surface area contributed by atoms with Crippen LogP contribution in [0.1, 0.15) is 23.1 Å². The molecule has 1 aromatic rings. The lowest BCUT2D eigenvalue weighted by Gasteiger charge is -2.05. The third-order valence-electron chi connectivity index (χ3n) is 2.23. The Morgan fingerprint density at radius 2 is 2.00 bits per heavy atom. The highest BCUT2D eigenvalue weighted by Crippen LogP contribution is 2.18. The summed E-state index contributed by atoms with van der Waals surface area (Å²) in [7, 11) is 0. The molecule has 0 bridgehead atoms. The van der Waals surface area contributed by atoms with Gasteiger partial charge in [0.2, 0.25) is 0 Å². The number of halogens is 1. The van der Waals surface area contributed by atoms with Crippen LogP contribution in [0.3, 0.4) is 0 Å². The number of aryl methyl sites for hydroxylation is 2. The molecule has 0 fully saturated rings. The molecule has 0 aliphatic heterocycles. The maximum Gasteiger partial charge on any atom is 0.0346 e. The number of alkyl halides is 1. The normalized spacial score (nSPS) is 11.1. The van der Waals surface area contributed by atoms with Gasteiger partial charge in [-0.1, -0.05) is 12.2 Å². The van der Waals surface area contributed by atoms with Crippen molar-refractivity contribution in [3.63, 3.8) is 0 Å². The molecule has 2 heteroatoms. The molecule has 1 aromatic carbocycles. The van der Waals surface area contributed by atoms with E-state index in [0.29, 0.717) is 5.88 Å². The van der Waals surface area contributed by atoms with Gasteiger partial charge in [0, 0.05) is 11.6 Å². The predicted octanol–water partition coefficient (Wildman–Crippen LogP) is 3.53. The second kappa shape index (κ2) is 5.06. The molecule has 0 aliphatic carbocycles. The van der Waals surface area contributed by atoms with Crippen LogP contribution in [0.25, 0.3) is 6.08 Å². The van der Waals surface area contributed by atoms with Gasteiger partial charge in [0.05, 0.1) is 0 Å². The van der Waals surface area contributed by atoms with E-state index in [-0.39, 0.29) is 0 Å². The molecule has 0 spiro atoms. The Bertz CT molecular complexity index is 342. The maximum atomic E-state index is 5.80. The molecule has 0 saturated heterocycles. The standard InChI is InChI=1S/C12H16ClN/c1-9-8-12(14)10(2)7-11(9)5-3-4-6-13/h3,5,7-8H,4,6,14H2,1-2H3. The van der Waals surface area contributed by atoms with Crippen molar-refractivity contribution in [1.29, 1.82) is 0 Å². The zero-order chi connectivity index (χ0) is 10.6. The van der Waals surface area contributed by atoms with Gasteiger partial charge >= 0.3 is 0 Å². The number of allylic oxidation sites excluding steroid dienone is 1. The fourth-order valence-corrected chi connectivity index (χ4v) is 1.44. The van der Waals surface area contributed by atoms with Crippen molar-refractivity contribution in [3.05, 3.63) is 34.9 Å². The number of hydrogen-bond acceptors (Lipinski definition) is 1. The van der Waals surface area contributed by atoms with Crippen LogP contribution >= 0.6 is 11.6 Å². The average Bonchev–Trinajstić information content (AvgIpc) is 2.14. The SMILES string of the molecule is Cc1cc(C=CCCCl)c(C)cc1N. The van der Waals surface area contributed by atoms with Crippen LogP contribution in [0, 0.1) is 13.8 Å². The quantitative estimate of drug-likeness (QED) is 0.598. The molecule has 14 heavy (non-hydrogen) atoms. The van der Waals surface area contributed by atoms with E-state index in [2.05, 4.69) is 25.1 Å². The summed E-state index contributed by atoms with van der Waals surface area (Å²) < 4.78 is 0. The molecule has 0 atom stereocenters. The summed E-state index contributed by atoms with van der Waals surface area (Å²) >= 11 is 5.59. The lowest BCUT2D eigenvalue weighted by atomic mass is 10.0. The minimum atomic E-state index is 0.670. The van der Waals surface area contributed by atoms with Gasteiger partial charge in [-0.05, 0) is 49.1 Å². The van der Waals surface area contributed by atoms with Crippen LogP contribution in [0.5, 0.6) is 0 Å². The van der Waals surface area contributed by atoms with Crippen molar-refractivity contribution in [2.75, 3.05) is 11.6 Å². The van der Waals surface area contributed by atoms with Gasteiger partial charge in [-0.3, -0.25) is 0 Å². The summed E-state index contributed by atoms with van der Waals surface area (Å²) in [6.07, 6.45) is 5.10. The lowest BCUT2D eigenvalue weighted by Crippen LogP contribution is -1.92. The van der Waals surface area contributed by atoms with E-state index in [9.17, 15) is 0 Å². The van der Waals surface area contributed by atoms with Gasteiger partial charge in [0.1, 0.15) is 0 Å². The fourth-order valence-electron chi connectivity index (χ4n) is 1.31. The topological polar surface area (TPSA) is 26.0 Å². The largest absolute Gasteiger partial charge is 0.399 e. The van der Waals surface area contributed by atoms with E-state index >= 15 is 0 Å². The van der Waals surface area contributed by atoms with E-state index < -0.39 is 0 Å². The highest BCUT2D eigenvalue weighted by atomic mass is 35.5. The first-order valence-corrected chi connectivity index (χ1v) is 5.28. The van der Waals surface area contributed by atoms with Gasteiger partial charge in [0.15, 0.2) is 0 Å². The minimum Gasteiger partial charge on any atom is -0.399 e. The first kappa shape index (κ1) is 11.1. The van der Waals surface area contributed by atoms with Gasteiger partial charge in [0.25, 0.3) is 0 Å². The zero-order valence-corrected chi connectivity index (χ0v) is 9.43. The van der Waals surface area contributed by atoms with Crippen molar-refractivity contribution in [3.8, 4) is 0 Å². The van der Waals surface area contributed by atoms with Gasteiger partial charge in [-0.25, -0.2) is 0 Å². The molecule has 76 valence electrons. The first-order valence-electron chi connectivity index (χ1n) is 4.74. The summed E-state index contributed by atoms with van der Waals surface area (Å²) in [5, 5.41) is 0. The summed E-state index contributed by atoms with van der Waals surface area (Å²) in [4.78, 5) is 0. The van der Waals surface area contributed by atoms with Crippen molar-refractivity contribution < 1.29 is 0 Å². The number of hydrogen-bond donors (Lipinski definition) is 1. The molecule has 0 amide bonds. The smallest absolute Gasteiger partial charge is 0.0346 e. The predicted molar refractivity (Wildman–Crippen MR) is 64.7 cm³/mol. The zero-order valence-electron chi connectivity index (χ0n) is 8.68. The molecule has 2 N–H and O–H groups in total. The van der Waals surface area contributed by atoms with Gasteiger partial charge < -0.3 is 5.73 Å². The number of benzene rings is 1. The van der Waals surface area contributed by atoms with E-state index in [1.807, 2.05) is 13.0 Å². The van der Waals surface area contributed by atoms with E-state index in [0.717, 1.165) is 17.7 Å². The van der Waals surface area contributed by atoms with Crippen LogP contribution in [0.2, 0.25) is 0 Å². The third-order valence-corrected chi connectivity index (χ3v) is 2.45. The Labute approximate surface area is 90.6 Å². The maximum absolute atomic E-state index is 5.80. The van der Waals surface area contributed by atoms with Crippen LogP contribution < -0.4 is 5.73 Å². The highest BCUT2D eigenvalue weighted by Gasteiger charge is 1.98. The summed E-state index contributed by atoms with van der Waals surface area (Å²) in [5.41, 5.74) is 10.2. The van der Waals surface area contributed by atoms with Crippen molar-refractivity contribution >= 4 is 23.4 Å². The number of nitrogens with two attached hydrogens (primary N) is 1. The van der Waals surface area contributed by atoms with E-state index in [1.165, 1.54) is 11.1 Å². The molecule has 0 heterocycles. The molecule has 1 nitrogen and oxygen atoms in total. The second-order valence-corrected chi connectivity index (χ2v) is 3.82. The molecule has 1 rings (SSSR count). The fraction of sp³-hybridized carbons (Fsp3) is 0.333. The number of anilines is 1. The highest BCUT2D eigenvalue weighted by molar-refractivity contribution is 6.17. The van der Waals surface area contributed by atoms with Crippen molar-refractivity contribution in [1.82, 2.24) is 0 Å².